The van der Waals surface area contributed by atoms with E-state index in [1.54, 1.807) is 6.08 Å². The van der Waals surface area contributed by atoms with E-state index in [-0.39, 0.29) is 35.8 Å². The minimum absolute atomic E-state index is 0.0157. The van der Waals surface area contributed by atoms with Crippen LogP contribution in [0.15, 0.2) is 47.5 Å². The number of cyclic esters (lactones) is 1. The van der Waals surface area contributed by atoms with E-state index >= 15 is 0 Å². The molecule has 5 nitrogen and oxygen atoms in total. The van der Waals surface area contributed by atoms with Crippen LogP contribution in [-0.4, -0.2) is 33.9 Å². The highest BCUT2D eigenvalue weighted by molar-refractivity contribution is 6.23. The van der Waals surface area contributed by atoms with Crippen LogP contribution >= 0.6 is 11.6 Å². The molecule has 2 unspecified atom stereocenters. The van der Waals surface area contributed by atoms with E-state index in [4.69, 9.17) is 21.7 Å². The number of halogens is 1. The summed E-state index contributed by atoms with van der Waals surface area (Å²) in [5.74, 6) is -1.94. The lowest BCUT2D eigenvalue weighted by molar-refractivity contribution is -0.139. The maximum atomic E-state index is 12.3. The number of esters is 1. The molecule has 0 aromatic carbocycles. The molecule has 3 N–H and O–H groups in total. The second-order valence-corrected chi connectivity index (χ2v) is 5.95. The molecular weight excluding hydrogens is 318 g/mol. The van der Waals surface area contributed by atoms with Gasteiger partial charge in [0.15, 0.2) is 0 Å². The maximum absolute atomic E-state index is 12.3. The Balaban J connectivity index is 2.31. The number of aliphatic hydroxyl groups excluding tert-OH is 2. The average Bonchev–Trinajstić information content (AvgIpc) is 2.50. The highest BCUT2D eigenvalue weighted by Crippen LogP contribution is 2.35. The predicted octanol–water partition coefficient (Wildman–Crippen LogP) is 3.73. The van der Waals surface area contributed by atoms with Crippen molar-refractivity contribution in [3.05, 3.63) is 47.5 Å². The third-order valence-corrected chi connectivity index (χ3v) is 4.26. The molecule has 0 saturated carbocycles. The van der Waals surface area contributed by atoms with Crippen LogP contribution in [0.1, 0.15) is 25.7 Å². The van der Waals surface area contributed by atoms with Crippen LogP contribution in [0, 0.1) is 11.3 Å². The molecule has 2 atom stereocenters. The Bertz CT molecular complexity index is 604. The lowest BCUT2D eigenvalue weighted by Crippen LogP contribution is -2.31. The van der Waals surface area contributed by atoms with Gasteiger partial charge < -0.3 is 20.4 Å². The monoisotopic (exact) mass is 337 g/mol. The summed E-state index contributed by atoms with van der Waals surface area (Å²) in [6.45, 7) is 0.203. The number of hydrogen-bond acceptors (Lipinski definition) is 5. The molecule has 0 amide bonds. The van der Waals surface area contributed by atoms with Gasteiger partial charge in [0.1, 0.15) is 11.5 Å². The van der Waals surface area contributed by atoms with Gasteiger partial charge in [0, 0.05) is 17.7 Å². The van der Waals surface area contributed by atoms with Crippen LogP contribution in [0.5, 0.6) is 0 Å². The van der Waals surface area contributed by atoms with Gasteiger partial charge in [0.25, 0.3) is 0 Å². The third kappa shape index (κ3) is 4.48. The van der Waals surface area contributed by atoms with Crippen molar-refractivity contribution in [2.75, 3.05) is 6.61 Å². The summed E-state index contributed by atoms with van der Waals surface area (Å²) in [5.41, 5.74) is 0.288. The number of carbonyl (C=O) groups excluding carboxylic acids is 1. The van der Waals surface area contributed by atoms with E-state index in [2.05, 4.69) is 0 Å². The van der Waals surface area contributed by atoms with Gasteiger partial charge in [-0.25, -0.2) is 4.79 Å². The molecule has 1 aliphatic heterocycles. The number of allylic oxidation sites excluding steroid dienone is 5. The van der Waals surface area contributed by atoms with Crippen molar-refractivity contribution in [3.8, 4) is 0 Å². The van der Waals surface area contributed by atoms with Gasteiger partial charge in [-0.1, -0.05) is 18.2 Å². The zero-order chi connectivity index (χ0) is 16.8. The second-order valence-electron chi connectivity index (χ2n) is 5.48. The van der Waals surface area contributed by atoms with Gasteiger partial charge >= 0.3 is 5.97 Å². The normalized spacial score (nSPS) is 29.9. The Morgan fingerprint density at radius 3 is 2.65 bits per heavy atom. The van der Waals surface area contributed by atoms with Crippen molar-refractivity contribution in [2.45, 2.75) is 31.1 Å². The number of nitrogens with one attached hydrogen (secondary N) is 1. The number of fused-ring (bicyclic) bond motifs is 1. The number of hydrogen-bond donors (Lipinski definition) is 3. The first-order chi connectivity index (χ1) is 11.0. The van der Waals surface area contributed by atoms with E-state index in [0.29, 0.717) is 6.42 Å². The Morgan fingerprint density at radius 2 is 1.87 bits per heavy atom. The summed E-state index contributed by atoms with van der Waals surface area (Å²) in [6, 6.07) is 0. The average molecular weight is 338 g/mol. The minimum Gasteiger partial charge on any atom is -0.511 e. The molecule has 0 bridgehead atoms. The largest absolute Gasteiger partial charge is 0.511 e. The molecule has 6 heteroatoms. The van der Waals surface area contributed by atoms with E-state index in [0.717, 1.165) is 18.9 Å². The molecule has 2 rings (SSSR count). The van der Waals surface area contributed by atoms with Crippen LogP contribution in [-0.2, 0) is 9.53 Å². The summed E-state index contributed by atoms with van der Waals surface area (Å²) in [6.07, 6.45) is 10.9. The number of rotatable bonds is 0. The quantitative estimate of drug-likeness (QED) is 0.357. The van der Waals surface area contributed by atoms with Crippen molar-refractivity contribution in [2.24, 2.45) is 5.92 Å². The Kier molecular flexibility index (Phi) is 6.04. The van der Waals surface area contributed by atoms with Gasteiger partial charge in [-0.05, 0) is 31.8 Å². The second kappa shape index (κ2) is 8.02. The molecule has 124 valence electrons. The molecule has 23 heavy (non-hydrogen) atoms. The SMILES string of the molecule is N=C1/C=C/CC/C=C/CCOC(=O)C2=C(O)C=C(O)C(Cl)C2C1. The van der Waals surface area contributed by atoms with Crippen molar-refractivity contribution in [1.82, 2.24) is 0 Å². The van der Waals surface area contributed by atoms with E-state index in [9.17, 15) is 15.0 Å². The molecule has 0 fully saturated rings. The molecule has 0 aromatic heterocycles. The zero-order valence-electron chi connectivity index (χ0n) is 12.7. The minimum atomic E-state index is -0.880. The van der Waals surface area contributed by atoms with E-state index in [1.807, 2.05) is 18.2 Å². The number of carbonyl (C=O) groups is 1. The Labute approximate surface area is 140 Å². The van der Waals surface area contributed by atoms with E-state index in [1.165, 1.54) is 0 Å². The number of alkyl halides is 1. The summed E-state index contributed by atoms with van der Waals surface area (Å²) in [4.78, 5) is 12.3. The summed E-state index contributed by atoms with van der Waals surface area (Å²) < 4.78 is 5.18. The summed E-state index contributed by atoms with van der Waals surface area (Å²) in [7, 11) is 0. The third-order valence-electron chi connectivity index (χ3n) is 3.73. The topological polar surface area (TPSA) is 90.6 Å². The Morgan fingerprint density at radius 1 is 1.17 bits per heavy atom. The highest BCUT2D eigenvalue weighted by Gasteiger charge is 2.37. The van der Waals surface area contributed by atoms with Crippen molar-refractivity contribution < 1.29 is 19.7 Å². The molecule has 0 aromatic rings. The molecular formula is C17H20ClNO4. The van der Waals surface area contributed by atoms with Crippen LogP contribution in [0.2, 0.25) is 0 Å². The smallest absolute Gasteiger partial charge is 0.338 e. The molecule has 0 radical (unpaired) electrons. The Hall–Kier alpha value is -2.01. The molecule has 0 saturated heterocycles. The molecule has 1 aliphatic carbocycles. The first-order valence-corrected chi connectivity index (χ1v) is 7.98. The lowest BCUT2D eigenvalue weighted by atomic mass is 9.84. The lowest BCUT2D eigenvalue weighted by Gasteiger charge is -2.27. The first kappa shape index (κ1) is 17.3. The van der Waals surface area contributed by atoms with Gasteiger partial charge in [-0.3, -0.25) is 0 Å². The van der Waals surface area contributed by atoms with Crippen molar-refractivity contribution in [1.29, 1.82) is 5.41 Å². The maximum Gasteiger partial charge on any atom is 0.338 e. The van der Waals surface area contributed by atoms with Crippen LogP contribution in [0.25, 0.3) is 0 Å². The van der Waals surface area contributed by atoms with Gasteiger partial charge in [0.2, 0.25) is 0 Å². The predicted molar refractivity (Wildman–Crippen MR) is 88.9 cm³/mol. The van der Waals surface area contributed by atoms with Crippen LogP contribution in [0.3, 0.4) is 0 Å². The molecule has 2 aliphatic rings. The first-order valence-electron chi connectivity index (χ1n) is 7.54. The highest BCUT2D eigenvalue weighted by atomic mass is 35.5. The molecule has 1 heterocycles. The van der Waals surface area contributed by atoms with Crippen LogP contribution < -0.4 is 0 Å². The van der Waals surface area contributed by atoms with Gasteiger partial charge in [-0.15, -0.1) is 11.6 Å². The standard InChI is InChI=1S/C17H20ClNO4/c18-16-12-9-11(19)7-5-3-1-2-4-6-8-23-17(22)15(12)13(20)10-14(16)21/h2,4-5,7,10,12,16,19-21H,1,3,6,8-9H2/b4-2+,7-5+,19-11?. The van der Waals surface area contributed by atoms with Crippen molar-refractivity contribution >= 4 is 23.3 Å². The van der Waals surface area contributed by atoms with Gasteiger partial charge in [0.05, 0.1) is 17.6 Å². The fourth-order valence-corrected chi connectivity index (χ4v) is 2.84. The van der Waals surface area contributed by atoms with E-state index < -0.39 is 17.3 Å². The van der Waals surface area contributed by atoms with Crippen LogP contribution in [0.4, 0.5) is 0 Å². The summed E-state index contributed by atoms with van der Waals surface area (Å²) in [5, 5.41) is 27.0. The molecule has 0 spiro atoms. The fourth-order valence-electron chi connectivity index (χ4n) is 2.56. The number of aliphatic hydroxyl groups is 2. The van der Waals surface area contributed by atoms with Crippen molar-refractivity contribution in [3.63, 3.8) is 0 Å². The zero-order valence-corrected chi connectivity index (χ0v) is 13.4. The summed E-state index contributed by atoms with van der Waals surface area (Å²) >= 11 is 6.18. The fraction of sp³-hybridized carbons (Fsp3) is 0.412. The van der Waals surface area contributed by atoms with Gasteiger partial charge in [-0.2, -0.15) is 0 Å². The number of ether oxygens (including phenoxy) is 1.